The van der Waals surface area contributed by atoms with Gasteiger partial charge in [0.2, 0.25) is 0 Å². The first-order valence-corrected chi connectivity index (χ1v) is 6.94. The fraction of sp³-hybridized carbons (Fsp3) is 0.786. The van der Waals surface area contributed by atoms with Crippen LogP contribution in [0.25, 0.3) is 0 Å². The van der Waals surface area contributed by atoms with Crippen molar-refractivity contribution in [3.8, 4) is 0 Å². The molecule has 3 nitrogen and oxygen atoms in total. The first-order valence-electron chi connectivity index (χ1n) is 6.94. The van der Waals surface area contributed by atoms with Crippen molar-refractivity contribution in [3.05, 3.63) is 18.2 Å². The maximum atomic E-state index is 4.45. The smallest absolute Gasteiger partial charge is 0.109 e. The van der Waals surface area contributed by atoms with Gasteiger partial charge in [0.1, 0.15) is 5.82 Å². The van der Waals surface area contributed by atoms with Crippen molar-refractivity contribution >= 4 is 0 Å². The maximum Gasteiger partial charge on any atom is 0.109 e. The standard InChI is InChI=1S/C14H23N3/c1-15-12(9-13-16-7-8-17(13)2)14-10-5-3-4-6-11(10)14/h7-8,10-12,14-15H,3-6,9H2,1-2H3. The summed E-state index contributed by atoms with van der Waals surface area (Å²) < 4.78 is 2.15. The number of aromatic nitrogens is 2. The lowest BCUT2D eigenvalue weighted by Crippen LogP contribution is -2.32. The molecule has 0 spiro atoms. The molecule has 3 unspecified atom stereocenters. The molecule has 2 aliphatic rings. The summed E-state index contributed by atoms with van der Waals surface area (Å²) in [6.45, 7) is 0. The number of aryl methyl sites for hydroxylation is 1. The maximum absolute atomic E-state index is 4.45. The lowest BCUT2D eigenvalue weighted by Gasteiger charge is -2.16. The van der Waals surface area contributed by atoms with E-state index in [-0.39, 0.29) is 0 Å². The fourth-order valence-corrected chi connectivity index (χ4v) is 3.87. The summed E-state index contributed by atoms with van der Waals surface area (Å²) in [5.41, 5.74) is 0. The first-order chi connectivity index (χ1) is 8.31. The third-order valence-electron chi connectivity index (χ3n) is 4.88. The van der Waals surface area contributed by atoms with Gasteiger partial charge in [-0.1, -0.05) is 12.8 Å². The molecular formula is C14H23N3. The topological polar surface area (TPSA) is 29.9 Å². The van der Waals surface area contributed by atoms with Crippen molar-refractivity contribution in [1.29, 1.82) is 0 Å². The minimum absolute atomic E-state index is 0.629. The summed E-state index contributed by atoms with van der Waals surface area (Å²) in [6, 6.07) is 0.629. The van der Waals surface area contributed by atoms with Gasteiger partial charge in [0.25, 0.3) is 0 Å². The lowest BCUT2D eigenvalue weighted by atomic mass is 10.0. The summed E-state index contributed by atoms with van der Waals surface area (Å²) in [6.07, 6.45) is 10.9. The zero-order valence-electron chi connectivity index (χ0n) is 10.9. The zero-order valence-corrected chi connectivity index (χ0v) is 10.9. The predicted molar refractivity (Wildman–Crippen MR) is 68.7 cm³/mol. The normalized spacial score (nSPS) is 33.2. The van der Waals surface area contributed by atoms with Crippen molar-refractivity contribution in [2.75, 3.05) is 7.05 Å². The summed E-state index contributed by atoms with van der Waals surface area (Å²) in [5, 5.41) is 3.53. The van der Waals surface area contributed by atoms with E-state index in [1.807, 2.05) is 12.4 Å². The third-order valence-corrected chi connectivity index (χ3v) is 4.88. The number of hydrogen-bond donors (Lipinski definition) is 1. The minimum Gasteiger partial charge on any atom is -0.338 e. The largest absolute Gasteiger partial charge is 0.338 e. The van der Waals surface area contributed by atoms with Gasteiger partial charge in [0.15, 0.2) is 0 Å². The van der Waals surface area contributed by atoms with Crippen LogP contribution < -0.4 is 5.32 Å². The van der Waals surface area contributed by atoms with Gasteiger partial charge in [0.05, 0.1) is 0 Å². The molecule has 1 N–H and O–H groups in total. The van der Waals surface area contributed by atoms with Crippen LogP contribution in [-0.4, -0.2) is 22.6 Å². The monoisotopic (exact) mass is 233 g/mol. The van der Waals surface area contributed by atoms with Crippen LogP contribution in [0.5, 0.6) is 0 Å². The number of imidazole rings is 1. The van der Waals surface area contributed by atoms with Crippen molar-refractivity contribution in [2.24, 2.45) is 24.8 Å². The van der Waals surface area contributed by atoms with Crippen LogP contribution in [0, 0.1) is 17.8 Å². The predicted octanol–water partition coefficient (Wildman–Crippen LogP) is 1.99. The van der Waals surface area contributed by atoms with E-state index in [4.69, 9.17) is 0 Å². The number of fused-ring (bicyclic) bond motifs is 1. The van der Waals surface area contributed by atoms with E-state index in [1.54, 1.807) is 0 Å². The Balaban J connectivity index is 1.66. The van der Waals surface area contributed by atoms with Gasteiger partial charge in [0, 0.05) is 31.9 Å². The van der Waals surface area contributed by atoms with E-state index in [2.05, 4.69) is 29.0 Å². The SMILES string of the molecule is CNC(Cc1nccn1C)C1C2CCCCC21. The molecule has 3 heteroatoms. The van der Waals surface area contributed by atoms with E-state index < -0.39 is 0 Å². The van der Waals surface area contributed by atoms with Crippen LogP contribution in [0.15, 0.2) is 12.4 Å². The van der Waals surface area contributed by atoms with Crippen molar-refractivity contribution < 1.29 is 0 Å². The number of hydrogen-bond acceptors (Lipinski definition) is 2. The van der Waals surface area contributed by atoms with E-state index in [0.717, 1.165) is 24.2 Å². The molecule has 2 saturated carbocycles. The molecule has 2 aliphatic carbocycles. The second-order valence-corrected chi connectivity index (χ2v) is 5.74. The molecule has 0 aliphatic heterocycles. The Morgan fingerprint density at radius 1 is 1.41 bits per heavy atom. The van der Waals surface area contributed by atoms with E-state index >= 15 is 0 Å². The Hall–Kier alpha value is -0.830. The highest BCUT2D eigenvalue weighted by Gasteiger charge is 2.53. The van der Waals surface area contributed by atoms with Crippen LogP contribution in [-0.2, 0) is 13.5 Å². The molecular weight excluding hydrogens is 210 g/mol. The fourth-order valence-electron chi connectivity index (χ4n) is 3.87. The number of likely N-dealkylation sites (N-methyl/N-ethyl adjacent to an activating group) is 1. The first kappa shape index (κ1) is 11.3. The van der Waals surface area contributed by atoms with Gasteiger partial charge in [-0.15, -0.1) is 0 Å². The zero-order chi connectivity index (χ0) is 11.8. The van der Waals surface area contributed by atoms with Gasteiger partial charge in [-0.05, 0) is 37.6 Å². The Labute approximate surface area is 104 Å². The quantitative estimate of drug-likeness (QED) is 0.862. The number of nitrogens with zero attached hydrogens (tertiary/aromatic N) is 2. The molecule has 1 heterocycles. The molecule has 17 heavy (non-hydrogen) atoms. The van der Waals surface area contributed by atoms with E-state index in [0.29, 0.717) is 6.04 Å². The van der Waals surface area contributed by atoms with E-state index in [1.165, 1.54) is 31.5 Å². The molecule has 1 aromatic heterocycles. The second-order valence-electron chi connectivity index (χ2n) is 5.74. The average molecular weight is 233 g/mol. The Kier molecular flexibility index (Phi) is 2.95. The Morgan fingerprint density at radius 2 is 2.12 bits per heavy atom. The van der Waals surface area contributed by atoms with Gasteiger partial charge >= 0.3 is 0 Å². The number of nitrogens with one attached hydrogen (secondary N) is 1. The van der Waals surface area contributed by atoms with Crippen LogP contribution in [0.4, 0.5) is 0 Å². The molecule has 3 rings (SSSR count). The molecule has 0 aromatic carbocycles. The highest BCUT2D eigenvalue weighted by atomic mass is 15.0. The van der Waals surface area contributed by atoms with Gasteiger partial charge in [-0.25, -0.2) is 4.98 Å². The molecule has 1 aromatic rings. The average Bonchev–Trinajstić information content (AvgIpc) is 2.94. The van der Waals surface area contributed by atoms with Crippen LogP contribution in [0.3, 0.4) is 0 Å². The van der Waals surface area contributed by atoms with Crippen LogP contribution in [0.2, 0.25) is 0 Å². The molecule has 0 amide bonds. The molecule has 3 atom stereocenters. The van der Waals surface area contributed by atoms with Crippen LogP contribution >= 0.6 is 0 Å². The second kappa shape index (κ2) is 4.45. The Bertz CT molecular complexity index is 373. The number of rotatable bonds is 4. The lowest BCUT2D eigenvalue weighted by molar-refractivity contribution is 0.447. The van der Waals surface area contributed by atoms with Crippen molar-refractivity contribution in [2.45, 2.75) is 38.1 Å². The highest BCUT2D eigenvalue weighted by Crippen LogP contribution is 2.57. The molecule has 0 radical (unpaired) electrons. The Morgan fingerprint density at radius 3 is 2.65 bits per heavy atom. The molecule has 94 valence electrons. The highest BCUT2D eigenvalue weighted by molar-refractivity contribution is 5.07. The van der Waals surface area contributed by atoms with E-state index in [9.17, 15) is 0 Å². The summed E-state index contributed by atoms with van der Waals surface area (Å²) in [7, 11) is 4.20. The van der Waals surface area contributed by atoms with Gasteiger partial charge < -0.3 is 9.88 Å². The summed E-state index contributed by atoms with van der Waals surface area (Å²) in [4.78, 5) is 4.45. The molecule has 0 bridgehead atoms. The summed E-state index contributed by atoms with van der Waals surface area (Å²) >= 11 is 0. The van der Waals surface area contributed by atoms with Gasteiger partial charge in [-0.3, -0.25) is 0 Å². The van der Waals surface area contributed by atoms with Gasteiger partial charge in [-0.2, -0.15) is 0 Å². The van der Waals surface area contributed by atoms with Crippen LogP contribution in [0.1, 0.15) is 31.5 Å². The minimum atomic E-state index is 0.629. The van der Waals surface area contributed by atoms with Crippen molar-refractivity contribution in [1.82, 2.24) is 14.9 Å². The molecule has 0 saturated heterocycles. The third kappa shape index (κ3) is 2.01. The summed E-state index contributed by atoms with van der Waals surface area (Å²) in [5.74, 6) is 4.16. The molecule has 2 fully saturated rings. The van der Waals surface area contributed by atoms with Crippen molar-refractivity contribution in [3.63, 3.8) is 0 Å².